The second-order valence-electron chi connectivity index (χ2n) is 4.52. The van der Waals surface area contributed by atoms with Crippen LogP contribution in [0.4, 0.5) is 19.0 Å². The maximum absolute atomic E-state index is 12.7. The normalized spacial score (nSPS) is 12.8. The fraction of sp³-hybridized carbons (Fsp3) is 0.286. The van der Waals surface area contributed by atoms with Crippen molar-refractivity contribution in [2.24, 2.45) is 0 Å². The van der Waals surface area contributed by atoms with Crippen LogP contribution in [0.3, 0.4) is 0 Å². The molecular weight excluding hydrogens is 283 g/mol. The van der Waals surface area contributed by atoms with Gasteiger partial charge in [-0.05, 0) is 38.1 Å². The molecule has 0 radical (unpaired) electrons. The number of hydrogen-bond acceptors (Lipinski definition) is 4. The molecular formula is C14H12F3N3O. The summed E-state index contributed by atoms with van der Waals surface area (Å²) in [6.07, 6.45) is -4.56. The number of halogens is 3. The summed E-state index contributed by atoms with van der Waals surface area (Å²) < 4.78 is 43.4. The summed E-state index contributed by atoms with van der Waals surface area (Å²) in [6, 6.07) is 6.74. The predicted molar refractivity (Wildman–Crippen MR) is 69.4 cm³/mol. The van der Waals surface area contributed by atoms with Crippen molar-refractivity contribution in [3.05, 3.63) is 47.0 Å². The van der Waals surface area contributed by atoms with Crippen LogP contribution < -0.4 is 5.32 Å². The first-order valence-corrected chi connectivity index (χ1v) is 6.12. The zero-order valence-electron chi connectivity index (χ0n) is 11.3. The van der Waals surface area contributed by atoms with Gasteiger partial charge in [0.05, 0.1) is 11.6 Å². The third-order valence-electron chi connectivity index (χ3n) is 2.85. The van der Waals surface area contributed by atoms with Gasteiger partial charge in [-0.1, -0.05) is 0 Å². The molecule has 7 heteroatoms. The standard InChI is InChI=1S/C14H12F3N3O/c1-8-3-5-11(21-8)9(2)19-13-10(7-18)4-6-12(20-13)14(15,16)17/h3-6,9H,1-2H3,(H,19,20). The largest absolute Gasteiger partial charge is 0.464 e. The second kappa shape index (κ2) is 5.48. The van der Waals surface area contributed by atoms with E-state index in [1.54, 1.807) is 26.0 Å². The van der Waals surface area contributed by atoms with Crippen molar-refractivity contribution in [3.8, 4) is 6.07 Å². The Bertz CT molecular complexity index is 686. The summed E-state index contributed by atoms with van der Waals surface area (Å²) in [5.41, 5.74) is -1.01. The lowest BCUT2D eigenvalue weighted by Gasteiger charge is -2.15. The summed E-state index contributed by atoms with van der Waals surface area (Å²) >= 11 is 0. The quantitative estimate of drug-likeness (QED) is 0.928. The number of hydrogen-bond donors (Lipinski definition) is 1. The summed E-state index contributed by atoms with van der Waals surface area (Å²) in [6.45, 7) is 3.47. The van der Waals surface area contributed by atoms with E-state index in [2.05, 4.69) is 10.3 Å². The van der Waals surface area contributed by atoms with Crippen molar-refractivity contribution in [2.75, 3.05) is 5.32 Å². The number of nitrogens with one attached hydrogen (secondary N) is 1. The van der Waals surface area contributed by atoms with Crippen molar-refractivity contribution in [3.63, 3.8) is 0 Å². The van der Waals surface area contributed by atoms with Gasteiger partial charge in [0.15, 0.2) is 0 Å². The van der Waals surface area contributed by atoms with Gasteiger partial charge < -0.3 is 9.73 Å². The van der Waals surface area contributed by atoms with Gasteiger partial charge in [0, 0.05) is 0 Å². The van der Waals surface area contributed by atoms with E-state index in [0.717, 1.165) is 12.1 Å². The first-order valence-electron chi connectivity index (χ1n) is 6.12. The van der Waals surface area contributed by atoms with E-state index in [9.17, 15) is 13.2 Å². The lowest BCUT2D eigenvalue weighted by atomic mass is 10.2. The first kappa shape index (κ1) is 14.9. The van der Waals surface area contributed by atoms with E-state index in [0.29, 0.717) is 11.5 Å². The van der Waals surface area contributed by atoms with E-state index in [-0.39, 0.29) is 11.4 Å². The van der Waals surface area contributed by atoms with Gasteiger partial charge >= 0.3 is 6.18 Å². The molecule has 0 fully saturated rings. The molecule has 0 bridgehead atoms. The average molecular weight is 295 g/mol. The van der Waals surface area contributed by atoms with Gasteiger partial charge in [0.25, 0.3) is 0 Å². The molecule has 0 aromatic carbocycles. The fourth-order valence-electron chi connectivity index (χ4n) is 1.78. The molecule has 0 saturated heterocycles. The van der Waals surface area contributed by atoms with Crippen LogP contribution in [0.5, 0.6) is 0 Å². The van der Waals surface area contributed by atoms with Crippen LogP contribution in [0.25, 0.3) is 0 Å². The Morgan fingerprint density at radius 3 is 2.52 bits per heavy atom. The zero-order valence-corrected chi connectivity index (χ0v) is 11.3. The number of alkyl halides is 3. The lowest BCUT2D eigenvalue weighted by Crippen LogP contribution is -2.13. The molecule has 0 aliphatic heterocycles. The molecule has 21 heavy (non-hydrogen) atoms. The lowest BCUT2D eigenvalue weighted by molar-refractivity contribution is -0.141. The van der Waals surface area contributed by atoms with E-state index in [1.807, 2.05) is 6.07 Å². The smallest absolute Gasteiger partial charge is 0.433 e. The van der Waals surface area contributed by atoms with Gasteiger partial charge in [-0.2, -0.15) is 18.4 Å². The number of rotatable bonds is 3. The van der Waals surface area contributed by atoms with E-state index >= 15 is 0 Å². The summed E-state index contributed by atoms with van der Waals surface area (Å²) in [7, 11) is 0. The third-order valence-corrected chi connectivity index (χ3v) is 2.85. The van der Waals surface area contributed by atoms with Crippen LogP contribution in [0.1, 0.15) is 35.7 Å². The monoisotopic (exact) mass is 295 g/mol. The van der Waals surface area contributed by atoms with Gasteiger partial charge in [-0.15, -0.1) is 0 Å². The maximum atomic E-state index is 12.7. The number of anilines is 1. The molecule has 2 rings (SSSR count). The average Bonchev–Trinajstić information content (AvgIpc) is 2.84. The molecule has 4 nitrogen and oxygen atoms in total. The Kier molecular flexibility index (Phi) is 3.89. The number of aromatic nitrogens is 1. The Balaban J connectivity index is 2.32. The van der Waals surface area contributed by atoms with E-state index in [4.69, 9.17) is 9.68 Å². The molecule has 1 atom stereocenters. The topological polar surface area (TPSA) is 61.9 Å². The zero-order chi connectivity index (χ0) is 15.6. The van der Waals surface area contributed by atoms with E-state index < -0.39 is 17.9 Å². The molecule has 2 aromatic heterocycles. The van der Waals surface area contributed by atoms with Crippen molar-refractivity contribution >= 4 is 5.82 Å². The second-order valence-corrected chi connectivity index (χ2v) is 4.52. The van der Waals surface area contributed by atoms with Crippen molar-refractivity contribution in [2.45, 2.75) is 26.1 Å². The van der Waals surface area contributed by atoms with Gasteiger partial charge in [-0.3, -0.25) is 0 Å². The Morgan fingerprint density at radius 1 is 1.29 bits per heavy atom. The summed E-state index contributed by atoms with van der Waals surface area (Å²) in [5.74, 6) is 1.13. The molecule has 2 aromatic rings. The predicted octanol–water partition coefficient (Wildman–Crippen LogP) is 4.05. The van der Waals surface area contributed by atoms with Crippen LogP contribution in [-0.2, 0) is 6.18 Å². The highest BCUT2D eigenvalue weighted by atomic mass is 19.4. The SMILES string of the molecule is Cc1ccc(C(C)Nc2nc(C(F)(F)F)ccc2C#N)o1. The van der Waals surface area contributed by atoms with Crippen LogP contribution in [0, 0.1) is 18.3 Å². The van der Waals surface area contributed by atoms with Crippen molar-refractivity contribution in [1.82, 2.24) is 4.98 Å². The fourth-order valence-corrected chi connectivity index (χ4v) is 1.78. The van der Waals surface area contributed by atoms with E-state index in [1.165, 1.54) is 0 Å². The van der Waals surface area contributed by atoms with Crippen LogP contribution in [0.2, 0.25) is 0 Å². The minimum absolute atomic E-state index is 0.0399. The minimum atomic E-state index is -4.56. The molecule has 1 unspecified atom stereocenters. The molecule has 110 valence electrons. The molecule has 0 saturated carbocycles. The number of pyridine rings is 1. The molecule has 0 aliphatic rings. The van der Waals surface area contributed by atoms with Crippen molar-refractivity contribution < 1.29 is 17.6 Å². The number of nitriles is 1. The number of aryl methyl sites for hydroxylation is 1. The number of furan rings is 1. The molecule has 0 aliphatic carbocycles. The molecule has 0 spiro atoms. The molecule has 0 amide bonds. The van der Waals surface area contributed by atoms with Gasteiger partial charge in [0.2, 0.25) is 0 Å². The van der Waals surface area contributed by atoms with Gasteiger partial charge in [0.1, 0.15) is 29.1 Å². The first-order chi connectivity index (χ1) is 9.81. The third kappa shape index (κ3) is 3.34. The molecule has 2 heterocycles. The highest BCUT2D eigenvalue weighted by Gasteiger charge is 2.33. The van der Waals surface area contributed by atoms with Crippen molar-refractivity contribution in [1.29, 1.82) is 5.26 Å². The van der Waals surface area contributed by atoms with Crippen LogP contribution >= 0.6 is 0 Å². The summed E-state index contributed by atoms with van der Waals surface area (Å²) in [5, 5.41) is 11.7. The van der Waals surface area contributed by atoms with Crippen LogP contribution in [0.15, 0.2) is 28.7 Å². The maximum Gasteiger partial charge on any atom is 0.433 e. The Morgan fingerprint density at radius 2 is 2.00 bits per heavy atom. The minimum Gasteiger partial charge on any atom is -0.464 e. The highest BCUT2D eigenvalue weighted by Crippen LogP contribution is 2.30. The number of nitrogens with zero attached hydrogens (tertiary/aromatic N) is 2. The Labute approximate surface area is 119 Å². The van der Waals surface area contributed by atoms with Gasteiger partial charge in [-0.25, -0.2) is 4.98 Å². The van der Waals surface area contributed by atoms with Crippen LogP contribution in [-0.4, -0.2) is 4.98 Å². The Hall–Kier alpha value is -2.49. The molecule has 1 N–H and O–H groups in total. The summed E-state index contributed by atoms with van der Waals surface area (Å²) in [4.78, 5) is 3.49. The highest BCUT2D eigenvalue weighted by molar-refractivity contribution is 5.53.